The summed E-state index contributed by atoms with van der Waals surface area (Å²) in [5.41, 5.74) is -1.77. The van der Waals surface area contributed by atoms with E-state index in [1.165, 1.54) is 6.92 Å². The SMILES string of the molecule is C=C(C)C(=O)OCC(O)COC(=O)c1c(F)c(F)c(F)c(F)c1F. The van der Waals surface area contributed by atoms with Gasteiger partial charge in [-0.05, 0) is 6.92 Å². The number of esters is 2. The molecule has 0 heterocycles. The summed E-state index contributed by atoms with van der Waals surface area (Å²) in [6.45, 7) is 3.04. The van der Waals surface area contributed by atoms with Crippen molar-refractivity contribution in [2.24, 2.45) is 0 Å². The molecule has 1 atom stereocenters. The van der Waals surface area contributed by atoms with Crippen molar-refractivity contribution in [3.63, 3.8) is 0 Å². The topological polar surface area (TPSA) is 72.8 Å². The van der Waals surface area contributed by atoms with Gasteiger partial charge in [0, 0.05) is 5.57 Å². The van der Waals surface area contributed by atoms with E-state index < -0.39 is 65.9 Å². The van der Waals surface area contributed by atoms with Crippen molar-refractivity contribution in [1.29, 1.82) is 0 Å². The van der Waals surface area contributed by atoms with Gasteiger partial charge >= 0.3 is 11.9 Å². The van der Waals surface area contributed by atoms with E-state index in [1.54, 1.807) is 0 Å². The first-order valence-corrected chi connectivity index (χ1v) is 6.27. The largest absolute Gasteiger partial charge is 0.459 e. The molecule has 0 aliphatic heterocycles. The van der Waals surface area contributed by atoms with Gasteiger partial charge in [-0.1, -0.05) is 6.58 Å². The molecule has 1 aromatic rings. The maximum absolute atomic E-state index is 13.4. The molecule has 1 unspecified atom stereocenters. The van der Waals surface area contributed by atoms with Gasteiger partial charge in [-0.25, -0.2) is 31.5 Å². The second-order valence-electron chi connectivity index (χ2n) is 4.58. The zero-order valence-corrected chi connectivity index (χ0v) is 12.2. The predicted octanol–water partition coefficient (Wildman–Crippen LogP) is 2.02. The van der Waals surface area contributed by atoms with E-state index in [-0.39, 0.29) is 5.57 Å². The second kappa shape index (κ2) is 7.86. The van der Waals surface area contributed by atoms with Crippen LogP contribution in [0.1, 0.15) is 17.3 Å². The third-order valence-corrected chi connectivity index (χ3v) is 2.58. The normalized spacial score (nSPS) is 11.8. The summed E-state index contributed by atoms with van der Waals surface area (Å²) in [5.74, 6) is -14.5. The fraction of sp³-hybridized carbons (Fsp3) is 0.286. The molecular formula is C14H11F5O5. The molecule has 0 fully saturated rings. The highest BCUT2D eigenvalue weighted by Gasteiger charge is 2.31. The van der Waals surface area contributed by atoms with Crippen molar-refractivity contribution in [2.75, 3.05) is 13.2 Å². The van der Waals surface area contributed by atoms with Gasteiger partial charge in [0.05, 0.1) is 0 Å². The number of rotatable bonds is 6. The highest BCUT2D eigenvalue weighted by atomic mass is 19.2. The summed E-state index contributed by atoms with van der Waals surface area (Å²) in [7, 11) is 0. The van der Waals surface area contributed by atoms with Crippen LogP contribution >= 0.6 is 0 Å². The molecular weight excluding hydrogens is 343 g/mol. The number of carbonyl (C=O) groups is 2. The first kappa shape index (κ1) is 19.6. The summed E-state index contributed by atoms with van der Waals surface area (Å²) in [6.07, 6.45) is -1.58. The lowest BCUT2D eigenvalue weighted by atomic mass is 10.1. The predicted molar refractivity (Wildman–Crippen MR) is 68.3 cm³/mol. The Bertz CT molecular complexity index is 660. The van der Waals surface area contributed by atoms with Gasteiger partial charge < -0.3 is 14.6 Å². The number of hydrogen-bond donors (Lipinski definition) is 1. The van der Waals surface area contributed by atoms with Crippen LogP contribution in [0.25, 0.3) is 0 Å². The van der Waals surface area contributed by atoms with E-state index in [0.29, 0.717) is 0 Å². The van der Waals surface area contributed by atoms with E-state index in [2.05, 4.69) is 16.1 Å². The van der Waals surface area contributed by atoms with Crippen LogP contribution in [-0.2, 0) is 14.3 Å². The van der Waals surface area contributed by atoms with E-state index in [0.717, 1.165) is 0 Å². The molecule has 0 aliphatic carbocycles. The second-order valence-corrected chi connectivity index (χ2v) is 4.58. The highest BCUT2D eigenvalue weighted by molar-refractivity contribution is 5.90. The van der Waals surface area contributed by atoms with Crippen molar-refractivity contribution in [1.82, 2.24) is 0 Å². The van der Waals surface area contributed by atoms with E-state index in [4.69, 9.17) is 0 Å². The fourth-order valence-corrected chi connectivity index (χ4v) is 1.37. The van der Waals surface area contributed by atoms with Gasteiger partial charge in [-0.2, -0.15) is 0 Å². The van der Waals surface area contributed by atoms with Gasteiger partial charge in [-0.3, -0.25) is 0 Å². The monoisotopic (exact) mass is 354 g/mol. The lowest BCUT2D eigenvalue weighted by Crippen LogP contribution is -2.26. The minimum absolute atomic E-state index is 0.0283. The van der Waals surface area contributed by atoms with Crippen LogP contribution in [0.3, 0.4) is 0 Å². The minimum Gasteiger partial charge on any atom is -0.459 e. The Kier molecular flexibility index (Phi) is 6.41. The Labute approximate surface area is 132 Å². The Morgan fingerprint density at radius 1 is 0.958 bits per heavy atom. The quantitative estimate of drug-likeness (QED) is 0.278. The Balaban J connectivity index is 2.76. The van der Waals surface area contributed by atoms with E-state index in [9.17, 15) is 36.6 Å². The third kappa shape index (κ3) is 4.28. The Morgan fingerprint density at radius 2 is 1.38 bits per heavy atom. The average Bonchev–Trinajstić information content (AvgIpc) is 2.54. The molecule has 1 aromatic carbocycles. The van der Waals surface area contributed by atoms with Crippen molar-refractivity contribution in [2.45, 2.75) is 13.0 Å². The highest BCUT2D eigenvalue weighted by Crippen LogP contribution is 2.23. The smallest absolute Gasteiger partial charge is 0.344 e. The molecule has 0 amide bonds. The molecule has 0 aliphatic rings. The first-order chi connectivity index (χ1) is 11.1. The van der Waals surface area contributed by atoms with Crippen LogP contribution in [0.15, 0.2) is 12.2 Å². The maximum Gasteiger partial charge on any atom is 0.344 e. The van der Waals surface area contributed by atoms with Gasteiger partial charge in [0.25, 0.3) is 0 Å². The fourth-order valence-electron chi connectivity index (χ4n) is 1.37. The minimum atomic E-state index is -2.42. The number of carbonyl (C=O) groups excluding carboxylic acids is 2. The molecule has 0 saturated carbocycles. The van der Waals surface area contributed by atoms with Crippen molar-refractivity contribution in [3.05, 3.63) is 46.8 Å². The van der Waals surface area contributed by atoms with Gasteiger partial charge in [0.1, 0.15) is 24.9 Å². The number of ether oxygens (including phenoxy) is 2. The van der Waals surface area contributed by atoms with E-state index >= 15 is 0 Å². The number of aliphatic hydroxyl groups excluding tert-OH is 1. The van der Waals surface area contributed by atoms with Crippen LogP contribution in [0.4, 0.5) is 22.0 Å². The number of benzene rings is 1. The maximum atomic E-state index is 13.4. The van der Waals surface area contributed by atoms with Crippen LogP contribution in [0, 0.1) is 29.1 Å². The Hall–Kier alpha value is -2.49. The van der Waals surface area contributed by atoms with Gasteiger partial charge in [-0.15, -0.1) is 0 Å². The van der Waals surface area contributed by atoms with Crippen LogP contribution in [0.2, 0.25) is 0 Å². The number of halogens is 5. The summed E-state index contributed by atoms with van der Waals surface area (Å²) in [5, 5.41) is 9.39. The Morgan fingerprint density at radius 3 is 1.83 bits per heavy atom. The molecule has 0 saturated heterocycles. The molecule has 1 N–H and O–H groups in total. The molecule has 132 valence electrons. The molecule has 10 heteroatoms. The number of aliphatic hydroxyl groups is 1. The molecule has 24 heavy (non-hydrogen) atoms. The van der Waals surface area contributed by atoms with Crippen LogP contribution < -0.4 is 0 Å². The summed E-state index contributed by atoms with van der Waals surface area (Å²) in [4.78, 5) is 22.5. The summed E-state index contributed by atoms with van der Waals surface area (Å²) < 4.78 is 74.2. The van der Waals surface area contributed by atoms with E-state index in [1.807, 2.05) is 0 Å². The zero-order chi connectivity index (χ0) is 18.6. The summed E-state index contributed by atoms with van der Waals surface area (Å²) in [6, 6.07) is 0. The number of hydrogen-bond acceptors (Lipinski definition) is 5. The zero-order valence-electron chi connectivity index (χ0n) is 12.2. The molecule has 0 spiro atoms. The molecule has 0 radical (unpaired) electrons. The van der Waals surface area contributed by atoms with Crippen LogP contribution in [-0.4, -0.2) is 36.4 Å². The van der Waals surface area contributed by atoms with Crippen molar-refractivity contribution >= 4 is 11.9 Å². The standard InChI is InChI=1S/C14H11F5O5/c1-5(2)13(21)23-3-6(20)4-24-14(22)7-8(15)10(17)12(19)11(18)9(7)16/h6,20H,1,3-4H2,2H3. The van der Waals surface area contributed by atoms with Gasteiger partial charge in [0.2, 0.25) is 5.82 Å². The van der Waals surface area contributed by atoms with Crippen LogP contribution in [0.5, 0.6) is 0 Å². The lowest BCUT2D eigenvalue weighted by Gasteiger charge is -2.13. The van der Waals surface area contributed by atoms with Gasteiger partial charge in [0.15, 0.2) is 23.3 Å². The van der Waals surface area contributed by atoms with Crippen molar-refractivity contribution in [3.8, 4) is 0 Å². The van der Waals surface area contributed by atoms with Crippen molar-refractivity contribution < 1.29 is 46.1 Å². The first-order valence-electron chi connectivity index (χ1n) is 6.27. The molecule has 0 bridgehead atoms. The molecule has 1 rings (SSSR count). The average molecular weight is 354 g/mol. The lowest BCUT2D eigenvalue weighted by molar-refractivity contribution is -0.142. The molecule has 5 nitrogen and oxygen atoms in total. The third-order valence-electron chi connectivity index (χ3n) is 2.58. The summed E-state index contributed by atoms with van der Waals surface area (Å²) >= 11 is 0. The molecule has 0 aromatic heterocycles.